The average Bonchev–Trinajstić information content (AvgIpc) is 2.96. The molecule has 0 radical (unpaired) electrons. The van der Waals surface area contributed by atoms with E-state index in [1.807, 2.05) is 0 Å². The molecule has 0 amide bonds. The number of nitrogens with zero attached hydrogens (tertiary/aromatic N) is 1. The first-order chi connectivity index (χ1) is 7.84. The third kappa shape index (κ3) is 1.81. The highest BCUT2D eigenvalue weighted by Crippen LogP contribution is 2.34. The summed E-state index contributed by atoms with van der Waals surface area (Å²) in [6.45, 7) is 3.87. The van der Waals surface area contributed by atoms with Crippen molar-refractivity contribution in [2.75, 3.05) is 13.2 Å². The first-order valence-corrected chi connectivity index (χ1v) is 7.18. The monoisotopic (exact) mass is 251 g/mol. The van der Waals surface area contributed by atoms with Crippen LogP contribution in [0.1, 0.15) is 23.6 Å². The number of thiazole rings is 1. The van der Waals surface area contributed by atoms with Crippen LogP contribution in [0.15, 0.2) is 16.8 Å². The van der Waals surface area contributed by atoms with Gasteiger partial charge in [-0.25, -0.2) is 4.98 Å². The van der Waals surface area contributed by atoms with Gasteiger partial charge in [0, 0.05) is 17.9 Å². The van der Waals surface area contributed by atoms with E-state index >= 15 is 0 Å². The Bertz CT molecular complexity index is 483. The summed E-state index contributed by atoms with van der Waals surface area (Å²) in [6, 6.07) is 2.15. The molecule has 1 unspecified atom stereocenters. The van der Waals surface area contributed by atoms with E-state index in [-0.39, 0.29) is 0 Å². The van der Waals surface area contributed by atoms with E-state index in [4.69, 9.17) is 9.72 Å². The van der Waals surface area contributed by atoms with Crippen molar-refractivity contribution in [1.29, 1.82) is 0 Å². The fourth-order valence-electron chi connectivity index (χ4n) is 1.94. The van der Waals surface area contributed by atoms with Crippen molar-refractivity contribution in [2.24, 2.45) is 0 Å². The number of aromatic nitrogens is 1. The van der Waals surface area contributed by atoms with Gasteiger partial charge in [0.15, 0.2) is 0 Å². The summed E-state index contributed by atoms with van der Waals surface area (Å²) in [5.74, 6) is 0.519. The molecular weight excluding hydrogens is 238 g/mol. The molecule has 3 rings (SSSR count). The lowest BCUT2D eigenvalue weighted by molar-refractivity contribution is 0.193. The molecule has 1 atom stereocenters. The van der Waals surface area contributed by atoms with Crippen LogP contribution in [0.5, 0.6) is 0 Å². The summed E-state index contributed by atoms with van der Waals surface area (Å²) < 4.78 is 5.40. The molecule has 1 fully saturated rings. The molecule has 16 heavy (non-hydrogen) atoms. The van der Waals surface area contributed by atoms with Crippen molar-refractivity contribution in [3.8, 4) is 9.88 Å². The van der Waals surface area contributed by atoms with Crippen molar-refractivity contribution in [3.63, 3.8) is 0 Å². The molecule has 3 heterocycles. The molecular formula is C12H13NOS2. The summed E-state index contributed by atoms with van der Waals surface area (Å²) >= 11 is 3.53. The smallest absolute Gasteiger partial charge is 0.133 e. The Balaban J connectivity index is 1.90. The number of aryl methyl sites for hydroxylation is 1. The zero-order valence-corrected chi connectivity index (χ0v) is 10.7. The first kappa shape index (κ1) is 10.4. The number of ether oxygens (including phenoxy) is 1. The fraction of sp³-hybridized carbons (Fsp3) is 0.417. The average molecular weight is 251 g/mol. The molecule has 1 aliphatic heterocycles. The normalized spacial score (nSPS) is 20.4. The Morgan fingerprint density at radius 3 is 3.06 bits per heavy atom. The molecule has 84 valence electrons. The van der Waals surface area contributed by atoms with E-state index < -0.39 is 0 Å². The molecule has 2 aromatic heterocycles. The molecule has 2 aromatic rings. The van der Waals surface area contributed by atoms with Gasteiger partial charge in [0.1, 0.15) is 5.01 Å². The predicted molar refractivity (Wildman–Crippen MR) is 68.3 cm³/mol. The highest BCUT2D eigenvalue weighted by atomic mass is 32.1. The van der Waals surface area contributed by atoms with Crippen molar-refractivity contribution in [1.82, 2.24) is 4.98 Å². The third-order valence-corrected chi connectivity index (χ3v) is 4.96. The van der Waals surface area contributed by atoms with Crippen molar-refractivity contribution >= 4 is 22.7 Å². The molecule has 0 spiro atoms. The minimum absolute atomic E-state index is 0.519. The maximum atomic E-state index is 5.40. The lowest BCUT2D eigenvalue weighted by Gasteiger charge is -2.01. The van der Waals surface area contributed by atoms with Gasteiger partial charge in [0.2, 0.25) is 0 Å². The summed E-state index contributed by atoms with van der Waals surface area (Å²) in [6.07, 6.45) is 1.12. The SMILES string of the molecule is Cc1ccsc1-c1nc(C2CCOC2)cs1. The van der Waals surface area contributed by atoms with Crippen molar-refractivity contribution in [3.05, 3.63) is 28.1 Å². The minimum Gasteiger partial charge on any atom is -0.381 e. The Morgan fingerprint density at radius 1 is 1.44 bits per heavy atom. The summed E-state index contributed by atoms with van der Waals surface area (Å²) in [7, 11) is 0. The molecule has 0 aromatic carbocycles. The number of rotatable bonds is 2. The van der Waals surface area contributed by atoms with Crippen LogP contribution >= 0.6 is 22.7 Å². The van der Waals surface area contributed by atoms with Gasteiger partial charge >= 0.3 is 0 Å². The minimum atomic E-state index is 0.519. The van der Waals surface area contributed by atoms with Crippen molar-refractivity contribution in [2.45, 2.75) is 19.3 Å². The van der Waals surface area contributed by atoms with Gasteiger partial charge in [-0.2, -0.15) is 0 Å². The van der Waals surface area contributed by atoms with Gasteiger partial charge in [0.25, 0.3) is 0 Å². The lowest BCUT2D eigenvalue weighted by atomic mass is 10.1. The van der Waals surface area contributed by atoms with Crippen LogP contribution in [0.2, 0.25) is 0 Å². The van der Waals surface area contributed by atoms with E-state index in [1.54, 1.807) is 22.7 Å². The standard InChI is InChI=1S/C12H13NOS2/c1-8-3-5-15-11(8)12-13-10(7-16-12)9-2-4-14-6-9/h3,5,7,9H,2,4,6H2,1H3. The summed E-state index contributed by atoms with van der Waals surface area (Å²) in [5.41, 5.74) is 2.54. The Labute approximate surface area is 103 Å². The lowest BCUT2D eigenvalue weighted by Crippen LogP contribution is -1.97. The Morgan fingerprint density at radius 2 is 2.38 bits per heavy atom. The predicted octanol–water partition coefficient (Wildman–Crippen LogP) is 3.68. The highest BCUT2D eigenvalue weighted by Gasteiger charge is 2.21. The molecule has 2 nitrogen and oxygen atoms in total. The second kappa shape index (κ2) is 4.28. The van der Waals surface area contributed by atoms with Gasteiger partial charge in [0.05, 0.1) is 17.2 Å². The Hall–Kier alpha value is -0.710. The number of thiophene rings is 1. The number of hydrogen-bond acceptors (Lipinski definition) is 4. The second-order valence-electron chi connectivity index (χ2n) is 4.07. The van der Waals surface area contributed by atoms with Crippen LogP contribution in [-0.4, -0.2) is 18.2 Å². The molecule has 0 N–H and O–H groups in total. The molecule has 1 aliphatic rings. The van der Waals surface area contributed by atoms with Crippen LogP contribution in [-0.2, 0) is 4.74 Å². The topological polar surface area (TPSA) is 22.1 Å². The van der Waals surface area contributed by atoms with Crippen LogP contribution in [0, 0.1) is 6.92 Å². The van der Waals surface area contributed by atoms with E-state index in [9.17, 15) is 0 Å². The van der Waals surface area contributed by atoms with Crippen LogP contribution in [0.3, 0.4) is 0 Å². The van der Waals surface area contributed by atoms with E-state index in [1.165, 1.54) is 16.1 Å². The summed E-state index contributed by atoms with van der Waals surface area (Å²) in [5, 5.41) is 5.48. The maximum absolute atomic E-state index is 5.40. The van der Waals surface area contributed by atoms with Crippen LogP contribution in [0.4, 0.5) is 0 Å². The molecule has 0 bridgehead atoms. The van der Waals surface area contributed by atoms with Gasteiger partial charge in [-0.3, -0.25) is 0 Å². The van der Waals surface area contributed by atoms with Gasteiger partial charge < -0.3 is 4.74 Å². The molecule has 0 saturated carbocycles. The zero-order valence-electron chi connectivity index (χ0n) is 9.10. The summed E-state index contributed by atoms with van der Waals surface area (Å²) in [4.78, 5) is 6.06. The molecule has 0 aliphatic carbocycles. The van der Waals surface area contributed by atoms with E-state index in [0.29, 0.717) is 5.92 Å². The van der Waals surface area contributed by atoms with E-state index in [0.717, 1.165) is 24.6 Å². The van der Waals surface area contributed by atoms with E-state index in [2.05, 4.69) is 23.8 Å². The van der Waals surface area contributed by atoms with Crippen LogP contribution < -0.4 is 0 Å². The van der Waals surface area contributed by atoms with Crippen LogP contribution in [0.25, 0.3) is 9.88 Å². The number of hydrogen-bond donors (Lipinski definition) is 0. The first-order valence-electron chi connectivity index (χ1n) is 5.42. The highest BCUT2D eigenvalue weighted by molar-refractivity contribution is 7.20. The second-order valence-corrected chi connectivity index (χ2v) is 5.84. The van der Waals surface area contributed by atoms with Gasteiger partial charge in [-0.15, -0.1) is 22.7 Å². The molecule has 1 saturated heterocycles. The van der Waals surface area contributed by atoms with Gasteiger partial charge in [-0.05, 0) is 30.4 Å². The maximum Gasteiger partial charge on any atom is 0.133 e. The van der Waals surface area contributed by atoms with Crippen molar-refractivity contribution < 1.29 is 4.74 Å². The zero-order chi connectivity index (χ0) is 11.0. The largest absolute Gasteiger partial charge is 0.381 e. The fourth-order valence-corrected chi connectivity index (χ4v) is 3.94. The quantitative estimate of drug-likeness (QED) is 0.812. The third-order valence-electron chi connectivity index (χ3n) is 2.93. The van der Waals surface area contributed by atoms with Gasteiger partial charge in [-0.1, -0.05) is 0 Å². The Kier molecular flexibility index (Phi) is 2.79. The molecule has 4 heteroatoms.